The fourth-order valence-corrected chi connectivity index (χ4v) is 5.11. The fraction of sp³-hybridized carbons (Fsp3) is 0.462. The fourth-order valence-electron chi connectivity index (χ4n) is 5.11. The van der Waals surface area contributed by atoms with Crippen molar-refractivity contribution < 1.29 is 52.9 Å². The number of allylic oxidation sites excluding steroid dienone is 11. The van der Waals surface area contributed by atoms with E-state index in [0.29, 0.717) is 17.9 Å². The molecule has 1 aliphatic rings. The molecule has 2 heterocycles. The van der Waals surface area contributed by atoms with E-state index >= 15 is 0 Å². The summed E-state index contributed by atoms with van der Waals surface area (Å²) >= 11 is 0. The van der Waals surface area contributed by atoms with Crippen molar-refractivity contribution in [1.29, 1.82) is 0 Å². The first-order chi connectivity index (χ1) is 25.6. The van der Waals surface area contributed by atoms with Crippen molar-refractivity contribution in [3.05, 3.63) is 102 Å². The number of aliphatic hydroxyl groups excluding tert-OH is 1. The lowest BCUT2D eigenvalue weighted by Crippen LogP contribution is -2.64. The molecule has 1 aromatic heterocycles. The summed E-state index contributed by atoms with van der Waals surface area (Å²) in [6, 6.07) is -1.19. The number of hydroxylamine groups is 2. The molecule has 1 aromatic rings. The molecule has 0 aliphatic carbocycles. The number of esters is 1. The molecule has 1 saturated heterocycles. The monoisotopic (exact) mass is 754 g/mol. The molecule has 0 radical (unpaired) electrons. The van der Waals surface area contributed by atoms with E-state index in [9.17, 15) is 29.5 Å². The zero-order chi connectivity index (χ0) is 40.3. The Hall–Kier alpha value is -4.93. The molecule has 2 rings (SSSR count). The number of carbonyl (C=O) groups is 4. The number of nitrogens with one attached hydrogen (secondary N) is 1. The third-order valence-electron chi connectivity index (χ3n) is 8.36. The van der Waals surface area contributed by atoms with Gasteiger partial charge in [0.1, 0.15) is 12.4 Å². The van der Waals surface area contributed by atoms with Crippen molar-refractivity contribution in [1.82, 2.24) is 20.3 Å². The van der Waals surface area contributed by atoms with Gasteiger partial charge in [-0.15, -0.1) is 0 Å². The molecule has 0 spiro atoms. The minimum Gasteiger partial charge on any atom is -0.464 e. The van der Waals surface area contributed by atoms with Crippen molar-refractivity contribution in [2.75, 3.05) is 40.7 Å². The van der Waals surface area contributed by atoms with E-state index in [-0.39, 0.29) is 30.9 Å². The zero-order valence-electron chi connectivity index (χ0n) is 32.3. The van der Waals surface area contributed by atoms with Gasteiger partial charge in [-0.2, -0.15) is 5.06 Å². The van der Waals surface area contributed by atoms with Crippen molar-refractivity contribution in [2.24, 2.45) is 5.41 Å². The number of aliphatic hydroxyl groups is 1. The Kier molecular flexibility index (Phi) is 18.7. The Balaban J connectivity index is 1.87. The van der Waals surface area contributed by atoms with Crippen LogP contribution in [0.5, 0.6) is 0 Å². The molecule has 0 saturated carbocycles. The van der Waals surface area contributed by atoms with Crippen LogP contribution < -0.4 is 5.32 Å². The van der Waals surface area contributed by atoms with Gasteiger partial charge < -0.3 is 38.7 Å². The van der Waals surface area contributed by atoms with Crippen LogP contribution in [0.4, 0.5) is 0 Å². The minimum atomic E-state index is -2.24. The Morgan fingerprint density at radius 3 is 2.33 bits per heavy atom. The van der Waals surface area contributed by atoms with Gasteiger partial charge in [-0.05, 0) is 40.2 Å². The van der Waals surface area contributed by atoms with E-state index in [4.69, 9.17) is 23.4 Å². The molecule has 0 bridgehead atoms. The topological polar surface area (TPSA) is 190 Å². The summed E-state index contributed by atoms with van der Waals surface area (Å²) in [7, 11) is 2.68. The Labute approximate surface area is 316 Å². The van der Waals surface area contributed by atoms with Crippen LogP contribution in [0.15, 0.2) is 95.2 Å². The SMILES string of the molecule is CCOC(=O)C(C(C)OC)N(C)C(=O)C1(N(O)C(=O)/C=C/C=C/C=C/C=C\CNC(=O)C(C)(C)C(O)\C(C)=C/C=C\C=C\Cc2cnc(C)o2)COCO1. The first kappa shape index (κ1) is 45.2. The number of amides is 3. The van der Waals surface area contributed by atoms with Crippen LogP contribution in [0.25, 0.3) is 0 Å². The predicted molar refractivity (Wildman–Crippen MR) is 199 cm³/mol. The van der Waals surface area contributed by atoms with Crippen LogP contribution >= 0.6 is 0 Å². The molecule has 1 fully saturated rings. The van der Waals surface area contributed by atoms with Crippen LogP contribution in [-0.4, -0.2) is 114 Å². The molecule has 0 aromatic carbocycles. The van der Waals surface area contributed by atoms with E-state index in [0.717, 1.165) is 16.7 Å². The summed E-state index contributed by atoms with van der Waals surface area (Å²) in [5.41, 5.74) is -2.69. The first-order valence-electron chi connectivity index (χ1n) is 17.4. The Morgan fingerprint density at radius 2 is 1.72 bits per heavy atom. The summed E-state index contributed by atoms with van der Waals surface area (Å²) in [6.07, 6.45) is 22.0. The number of aryl methyl sites for hydroxylation is 1. The van der Waals surface area contributed by atoms with Gasteiger partial charge in [-0.25, -0.2) is 9.78 Å². The molecule has 3 amide bonds. The summed E-state index contributed by atoms with van der Waals surface area (Å²) in [4.78, 5) is 56.9. The highest BCUT2D eigenvalue weighted by atomic mass is 16.8. The smallest absolute Gasteiger partial charge is 0.331 e. The summed E-state index contributed by atoms with van der Waals surface area (Å²) in [5, 5.41) is 24.6. The van der Waals surface area contributed by atoms with E-state index in [1.54, 1.807) is 90.3 Å². The van der Waals surface area contributed by atoms with Crippen LogP contribution in [0.3, 0.4) is 0 Å². The maximum Gasteiger partial charge on any atom is 0.331 e. The normalized spacial score (nSPS) is 18.7. The van der Waals surface area contributed by atoms with Gasteiger partial charge >= 0.3 is 5.97 Å². The average molecular weight is 755 g/mol. The molecule has 296 valence electrons. The first-order valence-corrected chi connectivity index (χ1v) is 17.4. The number of rotatable bonds is 20. The number of likely N-dealkylation sites (N-methyl/N-ethyl adjacent to an activating group) is 1. The Bertz CT molecular complexity index is 1610. The average Bonchev–Trinajstić information content (AvgIpc) is 3.82. The van der Waals surface area contributed by atoms with Gasteiger partial charge in [-0.1, -0.05) is 72.9 Å². The van der Waals surface area contributed by atoms with Gasteiger partial charge in [0.05, 0.1) is 30.4 Å². The second-order valence-electron chi connectivity index (χ2n) is 12.8. The van der Waals surface area contributed by atoms with E-state index in [1.807, 2.05) is 18.2 Å². The molecular weight excluding hydrogens is 700 g/mol. The largest absolute Gasteiger partial charge is 0.464 e. The maximum atomic E-state index is 13.6. The van der Waals surface area contributed by atoms with E-state index in [2.05, 4.69) is 10.3 Å². The second-order valence-corrected chi connectivity index (χ2v) is 12.8. The second kappa shape index (κ2) is 22.3. The quantitative estimate of drug-likeness (QED) is 0.0577. The summed E-state index contributed by atoms with van der Waals surface area (Å²) in [6.45, 7) is 9.53. The van der Waals surface area contributed by atoms with Crippen molar-refractivity contribution >= 4 is 23.7 Å². The molecule has 4 atom stereocenters. The number of methoxy groups -OCH3 is 1. The number of carbonyl (C=O) groups excluding carboxylic acids is 4. The summed E-state index contributed by atoms with van der Waals surface area (Å²) < 4.78 is 26.4. The number of oxazole rings is 1. The highest BCUT2D eigenvalue weighted by molar-refractivity contribution is 5.95. The lowest BCUT2D eigenvalue weighted by atomic mass is 9.81. The third kappa shape index (κ3) is 12.9. The van der Waals surface area contributed by atoms with Crippen molar-refractivity contribution in [3.63, 3.8) is 0 Å². The van der Waals surface area contributed by atoms with E-state index < -0.39 is 53.8 Å². The lowest BCUT2D eigenvalue weighted by molar-refractivity contribution is -0.246. The number of aromatic nitrogens is 1. The molecule has 15 heteroatoms. The summed E-state index contributed by atoms with van der Waals surface area (Å²) in [5.74, 6) is -1.54. The maximum absolute atomic E-state index is 13.6. The molecule has 3 N–H and O–H groups in total. The zero-order valence-corrected chi connectivity index (χ0v) is 32.3. The number of nitrogens with zero attached hydrogens (tertiary/aromatic N) is 3. The molecule has 4 unspecified atom stereocenters. The highest BCUT2D eigenvalue weighted by Crippen LogP contribution is 2.28. The Morgan fingerprint density at radius 1 is 1.07 bits per heavy atom. The van der Waals surface area contributed by atoms with Crippen LogP contribution in [0.1, 0.15) is 46.3 Å². The molecular formula is C39H54N4O11. The van der Waals surface area contributed by atoms with Crippen LogP contribution in [0, 0.1) is 12.3 Å². The minimum absolute atomic E-state index is 0.0690. The standard InChI is InChI=1S/C39H54N4O11/c1-9-52-35(46)33(29(3)50-8)42(7)37(48)39(26-51-27-53-39)43(49)32(44)23-19-13-11-10-12-16-20-24-40-36(47)38(5,6)34(45)28(2)21-17-14-15-18-22-31-25-41-30(4)54-31/h10-21,23,25,29,33-34,45,49H,9,22,24,26-27H2,1-8H3,(H,40,47)/b12-10+,13-11+,17-14-,18-15+,20-16-,23-19+,28-21-. The van der Waals surface area contributed by atoms with Gasteiger partial charge in [0.15, 0.2) is 18.7 Å². The van der Waals surface area contributed by atoms with E-state index in [1.165, 1.54) is 26.3 Å². The number of hydrogen-bond donors (Lipinski definition) is 3. The highest BCUT2D eigenvalue weighted by Gasteiger charge is 2.55. The van der Waals surface area contributed by atoms with Crippen LogP contribution in [-0.2, 0) is 44.5 Å². The third-order valence-corrected chi connectivity index (χ3v) is 8.36. The molecule has 15 nitrogen and oxygen atoms in total. The van der Waals surface area contributed by atoms with Gasteiger partial charge in [0.25, 0.3) is 17.5 Å². The number of hydrogen-bond acceptors (Lipinski definition) is 12. The van der Waals surface area contributed by atoms with Gasteiger partial charge in [0, 0.05) is 40.1 Å². The van der Waals surface area contributed by atoms with Crippen molar-refractivity contribution in [3.8, 4) is 0 Å². The van der Waals surface area contributed by atoms with Gasteiger partial charge in [0.2, 0.25) is 5.91 Å². The molecule has 54 heavy (non-hydrogen) atoms. The lowest BCUT2D eigenvalue weighted by Gasteiger charge is -2.38. The number of ether oxygens (including phenoxy) is 4. The van der Waals surface area contributed by atoms with Crippen molar-refractivity contribution in [2.45, 2.75) is 71.9 Å². The molecule has 1 aliphatic heterocycles. The van der Waals surface area contributed by atoms with Gasteiger partial charge in [-0.3, -0.25) is 19.6 Å². The van der Waals surface area contributed by atoms with Crippen LogP contribution in [0.2, 0.25) is 0 Å². The predicted octanol–water partition coefficient (Wildman–Crippen LogP) is 3.66.